The Balaban J connectivity index is 1.45. The van der Waals surface area contributed by atoms with Gasteiger partial charge in [0, 0.05) is 0 Å². The quantitative estimate of drug-likeness (QED) is 0.134. The van der Waals surface area contributed by atoms with E-state index in [4.69, 9.17) is 0 Å². The Labute approximate surface area is 339 Å². The molecule has 0 N–H and O–H groups in total. The topological polar surface area (TPSA) is 0 Å². The Bertz CT molecular complexity index is 2430. The summed E-state index contributed by atoms with van der Waals surface area (Å²) in [6, 6.07) is 46.8. The first-order valence-electron chi connectivity index (χ1n) is 20.7. The predicted molar refractivity (Wildman–Crippen MR) is 245 cm³/mol. The van der Waals surface area contributed by atoms with Gasteiger partial charge in [0.25, 0.3) is 0 Å². The van der Waals surface area contributed by atoms with Gasteiger partial charge in [-0.3, -0.25) is 0 Å². The fourth-order valence-corrected chi connectivity index (χ4v) is 29.8. The van der Waals surface area contributed by atoms with E-state index in [1.165, 1.54) is 77.9 Å². The van der Waals surface area contributed by atoms with Gasteiger partial charge in [-0.25, -0.2) is 0 Å². The van der Waals surface area contributed by atoms with Gasteiger partial charge in [-0.15, -0.1) is 0 Å². The average molecular weight is 826 g/mol. The Morgan fingerprint density at radius 2 is 0.643 bits per heavy atom. The zero-order chi connectivity index (χ0) is 39.7. The van der Waals surface area contributed by atoms with E-state index in [1.54, 1.807) is 22.3 Å². The number of hydrogen-bond donors (Lipinski definition) is 0. The number of fused-ring (bicyclic) bond motifs is 2. The molecule has 6 aromatic rings. The van der Waals surface area contributed by atoms with Crippen molar-refractivity contribution in [3.8, 4) is 44.5 Å². The van der Waals surface area contributed by atoms with Crippen molar-refractivity contribution in [1.29, 1.82) is 0 Å². The molecule has 8 rings (SSSR count). The molecule has 2 heteroatoms. The summed E-state index contributed by atoms with van der Waals surface area (Å²) >= 11 is -4.16. The van der Waals surface area contributed by atoms with E-state index in [2.05, 4.69) is 205 Å². The average Bonchev–Trinajstić information content (AvgIpc) is 3.79. The van der Waals surface area contributed by atoms with Gasteiger partial charge in [0.1, 0.15) is 0 Å². The third-order valence-electron chi connectivity index (χ3n) is 13.1. The molecule has 0 radical (unpaired) electrons. The van der Waals surface area contributed by atoms with Crippen molar-refractivity contribution in [2.24, 2.45) is 11.8 Å². The van der Waals surface area contributed by atoms with E-state index in [0.717, 1.165) is 0 Å². The molecule has 2 aliphatic rings. The molecule has 2 unspecified atom stereocenters. The molecule has 0 fully saturated rings. The number of allylic oxidation sites excluding steroid dienone is 2. The monoisotopic (exact) mass is 824 g/mol. The van der Waals surface area contributed by atoms with Crippen molar-refractivity contribution in [3.05, 3.63) is 177 Å². The fourth-order valence-electron chi connectivity index (χ4n) is 10.2. The maximum absolute atomic E-state index is 4.16. The zero-order valence-electron chi connectivity index (χ0n) is 35.2. The molecule has 0 saturated carbocycles. The third kappa shape index (κ3) is 6.66. The molecule has 56 heavy (non-hydrogen) atoms. The Morgan fingerprint density at radius 1 is 0.393 bits per heavy atom. The fraction of sp³-hybridized carbons (Fsp3) is 0.259. The molecule has 0 aliphatic heterocycles. The summed E-state index contributed by atoms with van der Waals surface area (Å²) in [7, 11) is 0. The first-order chi connectivity index (χ1) is 26.6. The van der Waals surface area contributed by atoms with Crippen molar-refractivity contribution in [2.75, 3.05) is 0 Å². The van der Waals surface area contributed by atoms with E-state index < -0.39 is 17.4 Å². The molecule has 6 aromatic carbocycles. The SMILES string of the molecule is Cc1ccc(-c2ccc(-c3ccc(C)cc3)c3c2C=C(C(C)C)[CH]3[Zr]([CH3])([CH3])(=[SiH2])[CH]2C(C(C)C)=Cc3c(-c4ccc(C)cc4)ccc(-c4ccc(C)cc4)c32)cc1. The number of hydrogen-bond acceptors (Lipinski definition) is 0. The van der Waals surface area contributed by atoms with Crippen LogP contribution in [0.4, 0.5) is 0 Å². The van der Waals surface area contributed by atoms with Crippen LogP contribution in [0.3, 0.4) is 0 Å². The summed E-state index contributed by atoms with van der Waals surface area (Å²) in [4.78, 5) is 0. The van der Waals surface area contributed by atoms with Gasteiger partial charge in [0.15, 0.2) is 0 Å². The van der Waals surface area contributed by atoms with Crippen LogP contribution < -0.4 is 0 Å². The molecular weight excluding hydrogens is 768 g/mol. The Morgan fingerprint density at radius 3 is 0.911 bits per heavy atom. The van der Waals surface area contributed by atoms with Gasteiger partial charge in [0.2, 0.25) is 0 Å². The number of aryl methyl sites for hydroxylation is 4. The second-order valence-corrected chi connectivity index (χ2v) is 49.3. The molecule has 0 bridgehead atoms. The summed E-state index contributed by atoms with van der Waals surface area (Å²) in [5.74, 6) is 0.842. The summed E-state index contributed by atoms with van der Waals surface area (Å²) in [5.41, 5.74) is 25.3. The molecule has 0 amide bonds. The second kappa shape index (κ2) is 14.4. The molecule has 2 aliphatic carbocycles. The van der Waals surface area contributed by atoms with E-state index in [1.807, 2.05) is 0 Å². The Kier molecular flexibility index (Phi) is 9.95. The number of benzene rings is 6. The number of rotatable bonds is 8. The molecule has 0 spiro atoms. The zero-order valence-corrected chi connectivity index (χ0v) is 39.1. The van der Waals surface area contributed by atoms with Crippen molar-refractivity contribution in [3.63, 3.8) is 0 Å². The van der Waals surface area contributed by atoms with E-state index in [9.17, 15) is 0 Å². The summed E-state index contributed by atoms with van der Waals surface area (Å²) < 4.78 is 6.42. The van der Waals surface area contributed by atoms with Crippen LogP contribution in [0.1, 0.15) is 79.5 Å². The van der Waals surface area contributed by atoms with Crippen LogP contribution in [0.15, 0.2) is 132 Å². The van der Waals surface area contributed by atoms with Crippen LogP contribution in [-0.2, 0) is 17.4 Å². The van der Waals surface area contributed by atoms with Gasteiger partial charge < -0.3 is 0 Å². The van der Waals surface area contributed by atoms with Crippen molar-refractivity contribution in [1.82, 2.24) is 0 Å². The first-order valence-corrected chi connectivity index (χ1v) is 34.4. The van der Waals surface area contributed by atoms with Crippen LogP contribution in [-0.4, -0.2) is 6.88 Å². The first kappa shape index (κ1) is 38.8. The van der Waals surface area contributed by atoms with E-state index in [0.29, 0.717) is 19.1 Å². The molecule has 2 atom stereocenters. The van der Waals surface area contributed by atoms with E-state index in [-0.39, 0.29) is 0 Å². The molecule has 282 valence electrons. The van der Waals surface area contributed by atoms with Crippen LogP contribution in [0.5, 0.6) is 0 Å². The van der Waals surface area contributed by atoms with Crippen molar-refractivity contribution in [2.45, 2.75) is 71.9 Å². The standard InChI is InChI=1S/2C26H25.2CH3.H2Si.Zr/c2*1-17(2)22-15-25-23(20-9-5-18(3)6-10-20)13-14-24(26(25)16-22)21-11-7-19(4)8-12-21;;;;/h2*5-17H,1-4H3;2*1H3;1H2;. The van der Waals surface area contributed by atoms with Gasteiger partial charge in [-0.05, 0) is 0 Å². The van der Waals surface area contributed by atoms with Gasteiger partial charge in [-0.1, -0.05) is 0 Å². The predicted octanol–water partition coefficient (Wildman–Crippen LogP) is 14.8. The summed E-state index contributed by atoms with van der Waals surface area (Å²) in [6.07, 6.45) is 5.31. The summed E-state index contributed by atoms with van der Waals surface area (Å²) in [6.45, 7) is 21.1. The molecular formula is C54H58SiZr. The minimum atomic E-state index is -4.16. The molecule has 0 aromatic heterocycles. The minimum absolute atomic E-state index is 0.374. The van der Waals surface area contributed by atoms with Crippen molar-refractivity contribution >= 4 is 19.0 Å². The van der Waals surface area contributed by atoms with Gasteiger partial charge >= 0.3 is 342 Å². The van der Waals surface area contributed by atoms with Crippen LogP contribution in [0.25, 0.3) is 56.7 Å². The molecule has 0 saturated heterocycles. The van der Waals surface area contributed by atoms with E-state index >= 15 is 0 Å². The van der Waals surface area contributed by atoms with Crippen LogP contribution in [0, 0.1) is 39.5 Å². The van der Waals surface area contributed by atoms with Crippen molar-refractivity contribution < 1.29 is 17.4 Å². The van der Waals surface area contributed by atoms with Crippen LogP contribution >= 0.6 is 0 Å². The maximum atomic E-state index is 2.83. The van der Waals surface area contributed by atoms with Gasteiger partial charge in [-0.2, -0.15) is 0 Å². The Hall–Kier alpha value is -4.10. The normalized spacial score (nSPS) is 16.6. The second-order valence-electron chi connectivity index (χ2n) is 18.8. The molecule has 0 nitrogen and oxygen atoms in total. The molecule has 0 heterocycles. The van der Waals surface area contributed by atoms with Gasteiger partial charge in [0.05, 0.1) is 0 Å². The third-order valence-corrected chi connectivity index (χ3v) is 30.3. The van der Waals surface area contributed by atoms with Crippen LogP contribution in [0.2, 0.25) is 9.26 Å². The summed E-state index contributed by atoms with van der Waals surface area (Å²) in [5, 5.41) is 0.